The Kier molecular flexibility index (Phi) is 3.53. The van der Waals surface area contributed by atoms with Gasteiger partial charge in [-0.1, -0.05) is 12.1 Å². The molecular formula is C15H18N2O3. The first kappa shape index (κ1) is 14.1. The van der Waals surface area contributed by atoms with E-state index in [0.29, 0.717) is 6.42 Å². The molecule has 1 aromatic heterocycles. The van der Waals surface area contributed by atoms with Crippen molar-refractivity contribution in [3.8, 4) is 5.69 Å². The monoisotopic (exact) mass is 274 g/mol. The summed E-state index contributed by atoms with van der Waals surface area (Å²) in [5.74, 6) is -0.834. The summed E-state index contributed by atoms with van der Waals surface area (Å²) in [7, 11) is 1.69. The highest BCUT2D eigenvalue weighted by Gasteiger charge is 2.27. The Hall–Kier alpha value is -2.30. The molecule has 5 heteroatoms. The van der Waals surface area contributed by atoms with E-state index in [9.17, 15) is 14.7 Å². The first-order chi connectivity index (χ1) is 9.31. The van der Waals surface area contributed by atoms with Gasteiger partial charge in [0, 0.05) is 19.4 Å². The lowest BCUT2D eigenvalue weighted by atomic mass is 9.86. The molecule has 0 bridgehead atoms. The molecule has 0 aliphatic rings. The standard InChI is InChI=1S/C15H18N2O3/c1-15(2,13(18)19)10-11-5-4-6-12(9-11)17-8-7-16(3)14(17)20/h4-9H,10H2,1-3H3,(H,18,19). The molecule has 1 heterocycles. The second-order valence-corrected chi connectivity index (χ2v) is 5.60. The number of aromatic nitrogens is 2. The van der Waals surface area contributed by atoms with Crippen LogP contribution in [-0.2, 0) is 18.3 Å². The average Bonchev–Trinajstić information content (AvgIpc) is 2.69. The van der Waals surface area contributed by atoms with E-state index >= 15 is 0 Å². The second kappa shape index (κ2) is 5.00. The predicted molar refractivity (Wildman–Crippen MR) is 76.1 cm³/mol. The molecule has 2 aromatic rings. The molecule has 0 fully saturated rings. The highest BCUT2D eigenvalue weighted by molar-refractivity contribution is 5.74. The molecule has 0 spiro atoms. The molecule has 20 heavy (non-hydrogen) atoms. The zero-order valence-electron chi connectivity index (χ0n) is 11.8. The third-order valence-corrected chi connectivity index (χ3v) is 3.36. The Morgan fingerprint density at radius 3 is 2.55 bits per heavy atom. The molecule has 106 valence electrons. The van der Waals surface area contributed by atoms with Crippen LogP contribution in [-0.4, -0.2) is 20.2 Å². The van der Waals surface area contributed by atoms with Gasteiger partial charge in [-0.3, -0.25) is 9.36 Å². The summed E-state index contributed by atoms with van der Waals surface area (Å²) in [6, 6.07) is 7.40. The number of aryl methyl sites for hydroxylation is 1. The Bertz CT molecular complexity index is 695. The molecule has 2 rings (SSSR count). The van der Waals surface area contributed by atoms with Crippen molar-refractivity contribution in [1.29, 1.82) is 0 Å². The number of carbonyl (C=O) groups is 1. The van der Waals surface area contributed by atoms with Gasteiger partial charge in [-0.05, 0) is 38.0 Å². The van der Waals surface area contributed by atoms with Crippen molar-refractivity contribution in [1.82, 2.24) is 9.13 Å². The van der Waals surface area contributed by atoms with E-state index in [4.69, 9.17) is 0 Å². The molecule has 0 atom stereocenters. The van der Waals surface area contributed by atoms with Crippen LogP contribution in [0.2, 0.25) is 0 Å². The summed E-state index contributed by atoms with van der Waals surface area (Å²) in [6.07, 6.45) is 3.80. The summed E-state index contributed by atoms with van der Waals surface area (Å²) >= 11 is 0. The van der Waals surface area contributed by atoms with Crippen molar-refractivity contribution in [3.63, 3.8) is 0 Å². The van der Waals surface area contributed by atoms with Crippen LogP contribution in [0.4, 0.5) is 0 Å². The fourth-order valence-corrected chi connectivity index (χ4v) is 2.06. The Morgan fingerprint density at radius 2 is 2.00 bits per heavy atom. The third-order valence-electron chi connectivity index (χ3n) is 3.36. The van der Waals surface area contributed by atoms with Crippen molar-refractivity contribution in [2.24, 2.45) is 12.5 Å². The first-order valence-corrected chi connectivity index (χ1v) is 6.38. The largest absolute Gasteiger partial charge is 0.481 e. The fraction of sp³-hybridized carbons (Fsp3) is 0.333. The van der Waals surface area contributed by atoms with Crippen molar-refractivity contribution < 1.29 is 9.90 Å². The quantitative estimate of drug-likeness (QED) is 0.925. The zero-order valence-corrected chi connectivity index (χ0v) is 11.8. The molecule has 0 unspecified atom stereocenters. The highest BCUT2D eigenvalue weighted by atomic mass is 16.4. The van der Waals surface area contributed by atoms with E-state index in [1.54, 1.807) is 33.3 Å². The molecule has 0 aliphatic carbocycles. The van der Waals surface area contributed by atoms with Crippen LogP contribution in [0, 0.1) is 5.41 Å². The van der Waals surface area contributed by atoms with E-state index in [2.05, 4.69) is 0 Å². The number of hydrogen-bond acceptors (Lipinski definition) is 2. The summed E-state index contributed by atoms with van der Waals surface area (Å²) in [6.45, 7) is 3.38. The number of carboxylic acids is 1. The van der Waals surface area contributed by atoms with Gasteiger partial charge < -0.3 is 9.67 Å². The van der Waals surface area contributed by atoms with Gasteiger partial charge in [0.25, 0.3) is 0 Å². The minimum atomic E-state index is -0.834. The summed E-state index contributed by atoms with van der Waals surface area (Å²) < 4.78 is 3.03. The number of nitrogens with zero attached hydrogens (tertiary/aromatic N) is 2. The second-order valence-electron chi connectivity index (χ2n) is 5.60. The van der Waals surface area contributed by atoms with Gasteiger partial charge in [-0.25, -0.2) is 4.79 Å². The van der Waals surface area contributed by atoms with Crippen molar-refractivity contribution in [2.45, 2.75) is 20.3 Å². The molecule has 0 saturated heterocycles. The topological polar surface area (TPSA) is 64.2 Å². The van der Waals surface area contributed by atoms with Gasteiger partial charge in [0.1, 0.15) is 0 Å². The fourth-order valence-electron chi connectivity index (χ4n) is 2.06. The van der Waals surface area contributed by atoms with Crippen LogP contribution in [0.5, 0.6) is 0 Å². The lowest BCUT2D eigenvalue weighted by Gasteiger charge is -2.19. The lowest BCUT2D eigenvalue weighted by Crippen LogP contribution is -2.26. The lowest BCUT2D eigenvalue weighted by molar-refractivity contribution is -0.146. The van der Waals surface area contributed by atoms with Crippen LogP contribution in [0.25, 0.3) is 5.69 Å². The van der Waals surface area contributed by atoms with Gasteiger partial charge in [0.2, 0.25) is 0 Å². The maximum atomic E-state index is 11.9. The maximum absolute atomic E-state index is 11.9. The van der Waals surface area contributed by atoms with Gasteiger partial charge in [-0.2, -0.15) is 0 Å². The summed E-state index contributed by atoms with van der Waals surface area (Å²) in [5.41, 5.74) is 0.680. The highest BCUT2D eigenvalue weighted by Crippen LogP contribution is 2.23. The van der Waals surface area contributed by atoms with E-state index in [-0.39, 0.29) is 5.69 Å². The Labute approximate surface area is 117 Å². The van der Waals surface area contributed by atoms with E-state index in [1.165, 1.54) is 9.13 Å². The predicted octanol–water partition coefficient (Wildman–Crippen LogP) is 1.83. The summed E-state index contributed by atoms with van der Waals surface area (Å²) in [5, 5.41) is 9.18. The van der Waals surface area contributed by atoms with Gasteiger partial charge in [0.05, 0.1) is 11.1 Å². The van der Waals surface area contributed by atoms with E-state index in [1.807, 2.05) is 24.3 Å². The van der Waals surface area contributed by atoms with E-state index < -0.39 is 11.4 Å². The van der Waals surface area contributed by atoms with Crippen LogP contribution >= 0.6 is 0 Å². The number of aliphatic carboxylic acids is 1. The number of carboxylic acid groups (broad SMARTS) is 1. The smallest absolute Gasteiger partial charge is 0.332 e. The maximum Gasteiger partial charge on any atom is 0.332 e. The molecule has 0 radical (unpaired) electrons. The molecule has 0 aliphatic heterocycles. The molecule has 1 aromatic carbocycles. The normalized spacial score (nSPS) is 11.6. The van der Waals surface area contributed by atoms with Crippen molar-refractivity contribution >= 4 is 5.97 Å². The molecular weight excluding hydrogens is 256 g/mol. The van der Waals surface area contributed by atoms with Crippen LogP contribution in [0.3, 0.4) is 0 Å². The number of imidazole rings is 1. The number of rotatable bonds is 4. The van der Waals surface area contributed by atoms with Crippen LogP contribution in [0.1, 0.15) is 19.4 Å². The van der Waals surface area contributed by atoms with Gasteiger partial charge in [0.15, 0.2) is 0 Å². The van der Waals surface area contributed by atoms with Gasteiger partial charge >= 0.3 is 11.7 Å². The van der Waals surface area contributed by atoms with E-state index in [0.717, 1.165) is 11.3 Å². The summed E-state index contributed by atoms with van der Waals surface area (Å²) in [4.78, 5) is 23.1. The van der Waals surface area contributed by atoms with Crippen molar-refractivity contribution in [2.75, 3.05) is 0 Å². The first-order valence-electron chi connectivity index (χ1n) is 6.38. The van der Waals surface area contributed by atoms with Gasteiger partial charge in [-0.15, -0.1) is 0 Å². The minimum Gasteiger partial charge on any atom is -0.481 e. The van der Waals surface area contributed by atoms with Crippen LogP contribution in [0.15, 0.2) is 41.5 Å². The average molecular weight is 274 g/mol. The minimum absolute atomic E-state index is 0.125. The molecule has 0 amide bonds. The van der Waals surface area contributed by atoms with Crippen LogP contribution < -0.4 is 5.69 Å². The number of hydrogen-bond donors (Lipinski definition) is 1. The SMILES string of the molecule is Cn1ccn(-c2cccc(CC(C)(C)C(=O)O)c2)c1=O. The number of benzene rings is 1. The molecule has 0 saturated carbocycles. The zero-order chi connectivity index (χ0) is 14.9. The molecule has 1 N–H and O–H groups in total. The third kappa shape index (κ3) is 2.66. The Balaban J connectivity index is 2.36. The molecule has 5 nitrogen and oxygen atoms in total. The Morgan fingerprint density at radius 1 is 1.30 bits per heavy atom. The van der Waals surface area contributed by atoms with Crippen molar-refractivity contribution in [3.05, 3.63) is 52.7 Å².